The van der Waals surface area contributed by atoms with Gasteiger partial charge in [0, 0.05) is 69.0 Å². The molecule has 5 aliphatic carbocycles. The molecule has 3 aliphatic heterocycles. The number of phenolic OH excluding ortho intramolecular Hbond substituents is 1. The molecular weight excluding hydrogens is 518 g/mol. The molecule has 1 N–H and O–H groups in total. The molecular formula is C33H49N3O5. The SMILES string of the molecule is CN1CCN(C2CCN(Cc3cc(C4CCC5(CC4)OOC4(OO5)C5CC6CC(C5)CC4C6)ccc3O)CC2)CC1. The van der Waals surface area contributed by atoms with Crippen molar-refractivity contribution in [1.29, 1.82) is 0 Å². The number of hydrogen-bond acceptors (Lipinski definition) is 8. The van der Waals surface area contributed by atoms with Crippen LogP contribution in [0.3, 0.4) is 0 Å². The van der Waals surface area contributed by atoms with E-state index in [9.17, 15) is 5.11 Å². The quantitative estimate of drug-likeness (QED) is 0.509. The maximum absolute atomic E-state index is 10.7. The van der Waals surface area contributed by atoms with E-state index in [1.54, 1.807) is 0 Å². The van der Waals surface area contributed by atoms with Crippen LogP contribution in [0.5, 0.6) is 5.75 Å². The van der Waals surface area contributed by atoms with E-state index < -0.39 is 11.6 Å². The third-order valence-electron chi connectivity index (χ3n) is 12.3. The predicted molar refractivity (Wildman–Crippen MR) is 154 cm³/mol. The Hall–Kier alpha value is -1.26. The summed E-state index contributed by atoms with van der Waals surface area (Å²) in [6.07, 6.45) is 12.0. The Morgan fingerprint density at radius 2 is 1.41 bits per heavy atom. The fraction of sp³-hybridized carbons (Fsp3) is 0.818. The molecule has 41 heavy (non-hydrogen) atoms. The summed E-state index contributed by atoms with van der Waals surface area (Å²) in [6, 6.07) is 6.98. The lowest BCUT2D eigenvalue weighted by Gasteiger charge is -2.60. The van der Waals surface area contributed by atoms with Gasteiger partial charge in [-0.15, -0.1) is 0 Å². The summed E-state index contributed by atoms with van der Waals surface area (Å²) in [5, 5.41) is 10.7. The summed E-state index contributed by atoms with van der Waals surface area (Å²) in [5.74, 6) is 1.86. The lowest BCUT2D eigenvalue weighted by atomic mass is 9.53. The number of likely N-dealkylation sites (tertiary alicyclic amines) is 1. The topological polar surface area (TPSA) is 66.9 Å². The largest absolute Gasteiger partial charge is 0.508 e. The summed E-state index contributed by atoms with van der Waals surface area (Å²) in [5.41, 5.74) is 2.37. The number of nitrogens with zero attached hydrogens (tertiary/aromatic N) is 3. The average molecular weight is 568 g/mol. The summed E-state index contributed by atoms with van der Waals surface area (Å²) < 4.78 is 0. The minimum Gasteiger partial charge on any atom is -0.508 e. The minimum atomic E-state index is -0.787. The van der Waals surface area contributed by atoms with Crippen molar-refractivity contribution in [2.24, 2.45) is 23.7 Å². The van der Waals surface area contributed by atoms with Crippen molar-refractivity contribution in [3.05, 3.63) is 29.3 Å². The van der Waals surface area contributed by atoms with Crippen LogP contribution in [0.1, 0.15) is 87.7 Å². The highest BCUT2D eigenvalue weighted by molar-refractivity contribution is 5.38. The number of piperidine rings is 1. The van der Waals surface area contributed by atoms with Crippen molar-refractivity contribution < 1.29 is 24.7 Å². The van der Waals surface area contributed by atoms with Crippen LogP contribution in [-0.4, -0.2) is 83.7 Å². The number of piperazine rings is 1. The highest BCUT2D eigenvalue weighted by Gasteiger charge is 2.64. The third kappa shape index (κ3) is 5.05. The first-order valence-electron chi connectivity index (χ1n) is 16.7. The van der Waals surface area contributed by atoms with Gasteiger partial charge in [0.25, 0.3) is 0 Å². The summed E-state index contributed by atoms with van der Waals surface area (Å²) in [4.78, 5) is 32.5. The Morgan fingerprint density at radius 1 is 0.780 bits per heavy atom. The molecule has 0 amide bonds. The first-order valence-corrected chi connectivity index (χ1v) is 16.7. The minimum absolute atomic E-state index is 0.403. The van der Waals surface area contributed by atoms with E-state index in [0.717, 1.165) is 62.7 Å². The van der Waals surface area contributed by atoms with E-state index in [0.29, 0.717) is 29.5 Å². The molecule has 2 spiro atoms. The van der Waals surface area contributed by atoms with Gasteiger partial charge in [-0.3, -0.25) is 9.80 Å². The second-order valence-corrected chi connectivity index (χ2v) is 14.8. The van der Waals surface area contributed by atoms with Crippen molar-refractivity contribution in [3.8, 4) is 5.75 Å². The molecule has 9 rings (SSSR count). The number of aromatic hydroxyl groups is 1. The molecule has 8 heteroatoms. The standard InChI is InChI=1S/C33H49N3O5/c1-34-12-14-36(15-13-34)30-6-10-35(11-7-30)22-27-21-26(2-3-31(27)37)25-4-8-32(9-5-25)38-40-33(41-39-32)28-17-23-16-24(19-28)20-29(33)18-23/h2-3,21,23-25,28-30,37H,4-20,22H2,1H3. The van der Waals surface area contributed by atoms with Crippen LogP contribution < -0.4 is 0 Å². The van der Waals surface area contributed by atoms with Crippen molar-refractivity contribution in [2.75, 3.05) is 46.3 Å². The molecule has 5 saturated carbocycles. The Balaban J connectivity index is 0.852. The van der Waals surface area contributed by atoms with Gasteiger partial charge in [-0.1, -0.05) is 12.1 Å². The first-order chi connectivity index (χ1) is 20.0. The second-order valence-electron chi connectivity index (χ2n) is 14.8. The van der Waals surface area contributed by atoms with Gasteiger partial charge in [0.1, 0.15) is 5.75 Å². The zero-order valence-electron chi connectivity index (χ0n) is 24.8. The Labute approximate surface area is 245 Å². The van der Waals surface area contributed by atoms with Gasteiger partial charge in [0.05, 0.1) is 0 Å². The molecule has 8 fully saturated rings. The molecule has 1 aromatic carbocycles. The molecule has 3 saturated heterocycles. The van der Waals surface area contributed by atoms with E-state index in [1.165, 1.54) is 76.7 Å². The van der Waals surface area contributed by atoms with Crippen LogP contribution in [0.15, 0.2) is 18.2 Å². The maximum atomic E-state index is 10.7. The van der Waals surface area contributed by atoms with Gasteiger partial charge < -0.3 is 10.0 Å². The number of likely N-dealkylation sites (N-methyl/N-ethyl adjacent to an activating group) is 1. The van der Waals surface area contributed by atoms with Crippen molar-refractivity contribution in [2.45, 2.75) is 101 Å². The van der Waals surface area contributed by atoms with Crippen molar-refractivity contribution in [3.63, 3.8) is 0 Å². The molecule has 4 bridgehead atoms. The van der Waals surface area contributed by atoms with Crippen LogP contribution in [-0.2, 0) is 26.1 Å². The molecule has 0 aromatic heterocycles. The third-order valence-corrected chi connectivity index (χ3v) is 12.3. The van der Waals surface area contributed by atoms with E-state index in [4.69, 9.17) is 19.6 Å². The van der Waals surface area contributed by atoms with Gasteiger partial charge in [-0.05, 0) is 107 Å². The van der Waals surface area contributed by atoms with Crippen molar-refractivity contribution >= 4 is 0 Å². The summed E-state index contributed by atoms with van der Waals surface area (Å²) >= 11 is 0. The first kappa shape index (κ1) is 27.3. The van der Waals surface area contributed by atoms with Gasteiger partial charge >= 0.3 is 0 Å². The predicted octanol–water partition coefficient (Wildman–Crippen LogP) is 5.02. The van der Waals surface area contributed by atoms with E-state index in [2.05, 4.69) is 33.9 Å². The highest BCUT2D eigenvalue weighted by Crippen LogP contribution is 2.62. The van der Waals surface area contributed by atoms with Crippen LogP contribution in [0.2, 0.25) is 0 Å². The average Bonchev–Trinajstić information content (AvgIpc) is 2.99. The van der Waals surface area contributed by atoms with E-state index in [-0.39, 0.29) is 0 Å². The molecule has 226 valence electrons. The van der Waals surface area contributed by atoms with Crippen LogP contribution >= 0.6 is 0 Å². The monoisotopic (exact) mass is 567 g/mol. The van der Waals surface area contributed by atoms with E-state index >= 15 is 0 Å². The lowest BCUT2D eigenvalue weighted by molar-refractivity contribution is -0.680. The Bertz CT molecular complexity index is 1050. The fourth-order valence-corrected chi connectivity index (χ4v) is 9.84. The highest BCUT2D eigenvalue weighted by atomic mass is 17.4. The molecule has 8 nitrogen and oxygen atoms in total. The Kier molecular flexibility index (Phi) is 7.14. The number of phenols is 1. The molecule has 0 atom stereocenters. The number of hydrogen-bond donors (Lipinski definition) is 1. The van der Waals surface area contributed by atoms with Crippen LogP contribution in [0.25, 0.3) is 0 Å². The molecule has 0 radical (unpaired) electrons. The second kappa shape index (κ2) is 10.7. The van der Waals surface area contributed by atoms with Crippen LogP contribution in [0, 0.1) is 23.7 Å². The normalized spacial score (nSPS) is 42.4. The van der Waals surface area contributed by atoms with Gasteiger partial charge in [0.15, 0.2) is 0 Å². The molecule has 8 aliphatic rings. The van der Waals surface area contributed by atoms with Crippen LogP contribution in [0.4, 0.5) is 0 Å². The fourth-order valence-electron chi connectivity index (χ4n) is 9.84. The van der Waals surface area contributed by atoms with Gasteiger partial charge in [-0.25, -0.2) is 0 Å². The van der Waals surface area contributed by atoms with Crippen molar-refractivity contribution in [1.82, 2.24) is 14.7 Å². The molecule has 0 unspecified atom stereocenters. The van der Waals surface area contributed by atoms with Gasteiger partial charge in [0.2, 0.25) is 11.6 Å². The Morgan fingerprint density at radius 3 is 2.05 bits per heavy atom. The summed E-state index contributed by atoms with van der Waals surface area (Å²) in [6.45, 7) is 7.80. The zero-order valence-corrected chi connectivity index (χ0v) is 24.8. The lowest BCUT2D eigenvalue weighted by Crippen LogP contribution is -2.64. The zero-order chi connectivity index (χ0) is 27.6. The van der Waals surface area contributed by atoms with Gasteiger partial charge in [-0.2, -0.15) is 19.6 Å². The number of rotatable bonds is 4. The molecule has 3 heterocycles. The number of benzene rings is 1. The summed E-state index contributed by atoms with van der Waals surface area (Å²) in [7, 11) is 2.23. The van der Waals surface area contributed by atoms with E-state index in [1.807, 2.05) is 6.07 Å². The maximum Gasteiger partial charge on any atom is 0.239 e. The molecule has 1 aromatic rings. The smallest absolute Gasteiger partial charge is 0.239 e.